The highest BCUT2D eigenvalue weighted by atomic mass is 16.5. The lowest BCUT2D eigenvalue weighted by molar-refractivity contribution is -0.128. The highest BCUT2D eigenvalue weighted by Crippen LogP contribution is 2.34. The van der Waals surface area contributed by atoms with Gasteiger partial charge in [0.05, 0.1) is 7.11 Å². The molecule has 0 bridgehead atoms. The molecular formula is C22H35N3O3. The van der Waals surface area contributed by atoms with Crippen molar-refractivity contribution >= 4 is 5.91 Å². The summed E-state index contributed by atoms with van der Waals surface area (Å²) >= 11 is 0. The van der Waals surface area contributed by atoms with Crippen LogP contribution >= 0.6 is 0 Å². The van der Waals surface area contributed by atoms with E-state index in [0.717, 1.165) is 26.2 Å². The predicted octanol–water partition coefficient (Wildman–Crippen LogP) is 2.53. The molecule has 28 heavy (non-hydrogen) atoms. The van der Waals surface area contributed by atoms with Crippen molar-refractivity contribution in [3.05, 3.63) is 24.3 Å². The molecule has 1 aromatic carbocycles. The van der Waals surface area contributed by atoms with E-state index in [9.17, 15) is 4.79 Å². The smallest absolute Gasteiger partial charge is 0.260 e. The van der Waals surface area contributed by atoms with Crippen LogP contribution in [0, 0.1) is 0 Å². The molecule has 2 fully saturated rings. The van der Waals surface area contributed by atoms with Gasteiger partial charge in [0, 0.05) is 38.3 Å². The van der Waals surface area contributed by atoms with Gasteiger partial charge in [0.15, 0.2) is 17.6 Å². The van der Waals surface area contributed by atoms with Crippen molar-refractivity contribution in [2.75, 3.05) is 46.9 Å². The molecular weight excluding hydrogens is 354 g/mol. The van der Waals surface area contributed by atoms with Gasteiger partial charge in [-0.2, -0.15) is 0 Å². The Morgan fingerprint density at radius 1 is 1.11 bits per heavy atom. The lowest BCUT2D eigenvalue weighted by Gasteiger charge is -2.49. The third-order valence-corrected chi connectivity index (χ3v) is 6.29. The lowest BCUT2D eigenvalue weighted by Crippen LogP contribution is -2.62. The summed E-state index contributed by atoms with van der Waals surface area (Å²) in [7, 11) is 3.79. The zero-order chi connectivity index (χ0) is 20.0. The third kappa shape index (κ3) is 4.97. The molecule has 1 heterocycles. The second-order valence-corrected chi connectivity index (χ2v) is 8.20. The number of rotatable bonds is 7. The van der Waals surface area contributed by atoms with Gasteiger partial charge >= 0.3 is 0 Å². The number of likely N-dealkylation sites (N-methyl/N-ethyl adjacent to an activating group) is 1. The van der Waals surface area contributed by atoms with Gasteiger partial charge in [0.2, 0.25) is 0 Å². The van der Waals surface area contributed by atoms with Crippen molar-refractivity contribution in [1.82, 2.24) is 15.1 Å². The Labute approximate surface area is 169 Å². The number of nitrogens with one attached hydrogen (secondary N) is 1. The van der Waals surface area contributed by atoms with Gasteiger partial charge in [-0.25, -0.2) is 0 Å². The molecule has 0 radical (unpaired) electrons. The van der Waals surface area contributed by atoms with Gasteiger partial charge in [0.1, 0.15) is 0 Å². The van der Waals surface area contributed by atoms with Crippen LogP contribution in [-0.4, -0.2) is 74.2 Å². The molecule has 1 aliphatic carbocycles. The summed E-state index contributed by atoms with van der Waals surface area (Å²) in [5.74, 6) is 1.17. The molecule has 1 atom stereocenters. The van der Waals surface area contributed by atoms with Gasteiger partial charge < -0.3 is 19.7 Å². The van der Waals surface area contributed by atoms with Crippen molar-refractivity contribution in [1.29, 1.82) is 0 Å². The minimum absolute atomic E-state index is 0.0648. The van der Waals surface area contributed by atoms with Crippen molar-refractivity contribution < 1.29 is 14.3 Å². The Bertz CT molecular complexity index is 638. The van der Waals surface area contributed by atoms with E-state index in [0.29, 0.717) is 18.0 Å². The molecule has 156 valence electrons. The first-order chi connectivity index (χ1) is 13.5. The fourth-order valence-corrected chi connectivity index (χ4v) is 4.45. The number of benzene rings is 1. The number of nitrogens with zero attached hydrogens (tertiary/aromatic N) is 2. The van der Waals surface area contributed by atoms with Crippen LogP contribution in [0.4, 0.5) is 0 Å². The number of piperazine rings is 1. The van der Waals surface area contributed by atoms with Crippen LogP contribution in [0.2, 0.25) is 0 Å². The number of para-hydroxylation sites is 2. The number of amides is 1. The van der Waals surface area contributed by atoms with E-state index in [-0.39, 0.29) is 11.4 Å². The van der Waals surface area contributed by atoms with Crippen LogP contribution in [0.5, 0.6) is 11.5 Å². The number of carbonyl (C=O) groups is 1. The fraction of sp³-hybridized carbons (Fsp3) is 0.682. The first kappa shape index (κ1) is 20.9. The molecule has 1 amide bonds. The Kier molecular flexibility index (Phi) is 7.18. The largest absolute Gasteiger partial charge is 0.493 e. The number of ether oxygens (including phenoxy) is 2. The van der Waals surface area contributed by atoms with Gasteiger partial charge in [-0.15, -0.1) is 0 Å². The van der Waals surface area contributed by atoms with E-state index in [1.54, 1.807) is 14.0 Å². The molecule has 0 spiro atoms. The highest BCUT2D eigenvalue weighted by molar-refractivity contribution is 5.80. The average molecular weight is 390 g/mol. The number of hydrogen-bond donors (Lipinski definition) is 1. The van der Waals surface area contributed by atoms with E-state index in [2.05, 4.69) is 22.2 Å². The molecule has 6 heteroatoms. The summed E-state index contributed by atoms with van der Waals surface area (Å²) in [5, 5.41) is 3.20. The van der Waals surface area contributed by atoms with Gasteiger partial charge in [-0.3, -0.25) is 9.69 Å². The predicted molar refractivity (Wildman–Crippen MR) is 111 cm³/mol. The Balaban J connectivity index is 1.60. The SMILES string of the molecule is COc1ccccc1OC(C)C(=O)NCC1(N2CCN(C)CC2)CCCCC1. The van der Waals surface area contributed by atoms with E-state index in [1.807, 2.05) is 24.3 Å². The first-order valence-corrected chi connectivity index (χ1v) is 10.5. The highest BCUT2D eigenvalue weighted by Gasteiger charge is 2.39. The summed E-state index contributed by atoms with van der Waals surface area (Å²) in [4.78, 5) is 17.8. The summed E-state index contributed by atoms with van der Waals surface area (Å²) in [5.41, 5.74) is 0.0966. The van der Waals surface area contributed by atoms with Crippen molar-refractivity contribution in [2.24, 2.45) is 0 Å². The molecule has 2 aliphatic rings. The fourth-order valence-electron chi connectivity index (χ4n) is 4.45. The second kappa shape index (κ2) is 9.61. The minimum atomic E-state index is -0.565. The summed E-state index contributed by atoms with van der Waals surface area (Å²) in [6.45, 7) is 6.87. The van der Waals surface area contributed by atoms with Crippen LogP contribution in [-0.2, 0) is 4.79 Å². The van der Waals surface area contributed by atoms with Crippen molar-refractivity contribution in [3.63, 3.8) is 0 Å². The zero-order valence-electron chi connectivity index (χ0n) is 17.6. The van der Waals surface area contributed by atoms with E-state index < -0.39 is 6.10 Å². The maximum absolute atomic E-state index is 12.8. The third-order valence-electron chi connectivity index (χ3n) is 6.29. The van der Waals surface area contributed by atoms with Crippen LogP contribution < -0.4 is 14.8 Å². The number of hydrogen-bond acceptors (Lipinski definition) is 5. The summed E-state index contributed by atoms with van der Waals surface area (Å²) < 4.78 is 11.2. The quantitative estimate of drug-likeness (QED) is 0.777. The molecule has 3 rings (SSSR count). The monoisotopic (exact) mass is 389 g/mol. The molecule has 1 N–H and O–H groups in total. The maximum atomic E-state index is 12.8. The molecule has 1 saturated carbocycles. The maximum Gasteiger partial charge on any atom is 0.260 e. The van der Waals surface area contributed by atoms with E-state index >= 15 is 0 Å². The topological polar surface area (TPSA) is 54.0 Å². The van der Waals surface area contributed by atoms with Gasteiger partial charge in [0.25, 0.3) is 5.91 Å². The lowest BCUT2D eigenvalue weighted by atomic mass is 9.79. The molecule has 6 nitrogen and oxygen atoms in total. The van der Waals surface area contributed by atoms with Crippen LogP contribution in [0.15, 0.2) is 24.3 Å². The van der Waals surface area contributed by atoms with E-state index in [4.69, 9.17) is 9.47 Å². The van der Waals surface area contributed by atoms with Crippen LogP contribution in [0.25, 0.3) is 0 Å². The Hall–Kier alpha value is -1.79. The Morgan fingerprint density at radius 3 is 2.39 bits per heavy atom. The average Bonchev–Trinajstić information content (AvgIpc) is 2.73. The van der Waals surface area contributed by atoms with Crippen molar-refractivity contribution in [2.45, 2.75) is 50.7 Å². The van der Waals surface area contributed by atoms with Gasteiger partial charge in [-0.1, -0.05) is 31.4 Å². The molecule has 0 aromatic heterocycles. The standard InChI is InChI=1S/C22H35N3O3/c1-18(28-20-10-6-5-9-19(20)27-3)21(26)23-17-22(11-7-4-8-12-22)25-15-13-24(2)14-16-25/h5-6,9-10,18H,4,7-8,11-17H2,1-3H3,(H,23,26). The zero-order valence-corrected chi connectivity index (χ0v) is 17.6. The molecule has 1 saturated heterocycles. The Morgan fingerprint density at radius 2 is 1.75 bits per heavy atom. The van der Waals surface area contributed by atoms with Crippen molar-refractivity contribution in [3.8, 4) is 11.5 Å². The summed E-state index contributed by atoms with van der Waals surface area (Å²) in [6.07, 6.45) is 5.56. The van der Waals surface area contributed by atoms with Crippen LogP contribution in [0.1, 0.15) is 39.0 Å². The number of methoxy groups -OCH3 is 1. The molecule has 1 unspecified atom stereocenters. The molecule has 1 aliphatic heterocycles. The number of carbonyl (C=O) groups excluding carboxylic acids is 1. The minimum Gasteiger partial charge on any atom is -0.493 e. The first-order valence-electron chi connectivity index (χ1n) is 10.5. The summed E-state index contributed by atoms with van der Waals surface area (Å²) in [6, 6.07) is 7.44. The molecule has 1 aromatic rings. The van der Waals surface area contributed by atoms with Gasteiger partial charge in [-0.05, 0) is 38.9 Å². The normalized spacial score (nSPS) is 21.7. The van der Waals surface area contributed by atoms with Crippen LogP contribution in [0.3, 0.4) is 0 Å². The van der Waals surface area contributed by atoms with E-state index in [1.165, 1.54) is 32.1 Å². The second-order valence-electron chi connectivity index (χ2n) is 8.20.